The molecule has 0 saturated heterocycles. The van der Waals surface area contributed by atoms with E-state index in [4.69, 9.17) is 32.7 Å². The zero-order valence-electron chi connectivity index (χ0n) is 19.1. The van der Waals surface area contributed by atoms with Crippen LogP contribution in [-0.4, -0.2) is 33.8 Å². The molecule has 1 amide bonds. The van der Waals surface area contributed by atoms with Crippen molar-refractivity contribution in [3.63, 3.8) is 0 Å². The van der Waals surface area contributed by atoms with Crippen molar-refractivity contribution >= 4 is 44.8 Å². The molecule has 4 rings (SSSR count). The highest BCUT2D eigenvalue weighted by atomic mass is 35.5. The summed E-state index contributed by atoms with van der Waals surface area (Å²) in [6.45, 7) is 2.96. The number of hydrogen-bond acceptors (Lipinski definition) is 5. The first-order valence-corrected chi connectivity index (χ1v) is 13.4. The van der Waals surface area contributed by atoms with E-state index in [1.54, 1.807) is 24.3 Å². The maximum Gasteiger partial charge on any atom is 0.251 e. The summed E-state index contributed by atoms with van der Waals surface area (Å²) in [5.74, 6) is 1.11. The lowest BCUT2D eigenvalue weighted by atomic mass is 10.1. The molecule has 0 spiro atoms. The van der Waals surface area contributed by atoms with Gasteiger partial charge in [-0.05, 0) is 60.5 Å². The van der Waals surface area contributed by atoms with Gasteiger partial charge in [0.1, 0.15) is 13.2 Å². The number of halogens is 2. The normalized spacial score (nSPS) is 13.7. The van der Waals surface area contributed by atoms with Crippen LogP contribution >= 0.6 is 23.2 Å². The number of fused-ring (bicyclic) bond motifs is 1. The molecule has 1 atom stereocenters. The van der Waals surface area contributed by atoms with Crippen LogP contribution in [0.5, 0.6) is 11.5 Å². The predicted molar refractivity (Wildman–Crippen MR) is 137 cm³/mol. The van der Waals surface area contributed by atoms with E-state index in [0.717, 1.165) is 11.8 Å². The summed E-state index contributed by atoms with van der Waals surface area (Å²) in [5, 5.41) is 3.64. The zero-order chi connectivity index (χ0) is 25.2. The maximum absolute atomic E-state index is 12.8. The van der Waals surface area contributed by atoms with Crippen molar-refractivity contribution in [1.82, 2.24) is 5.32 Å². The van der Waals surface area contributed by atoms with Crippen LogP contribution in [0.4, 0.5) is 5.69 Å². The smallest absolute Gasteiger partial charge is 0.251 e. The molecule has 0 radical (unpaired) electrons. The second-order valence-corrected chi connectivity index (χ2v) is 11.0. The Kier molecular flexibility index (Phi) is 7.44. The summed E-state index contributed by atoms with van der Waals surface area (Å²) in [6, 6.07) is 16.7. The number of nitrogens with zero attached hydrogens (tertiary/aromatic N) is 1. The highest BCUT2D eigenvalue weighted by molar-refractivity contribution is 7.92. The Bertz CT molecular complexity index is 1330. The molecule has 10 heteroatoms. The van der Waals surface area contributed by atoms with E-state index in [-0.39, 0.29) is 18.5 Å². The fourth-order valence-electron chi connectivity index (χ4n) is 3.70. The fourth-order valence-corrected chi connectivity index (χ4v) is 5.09. The molecule has 35 heavy (non-hydrogen) atoms. The van der Waals surface area contributed by atoms with Crippen molar-refractivity contribution < 1.29 is 22.7 Å². The van der Waals surface area contributed by atoms with Gasteiger partial charge in [-0.1, -0.05) is 41.4 Å². The quantitative estimate of drug-likeness (QED) is 0.449. The minimum atomic E-state index is -3.61. The fraction of sp³-hybridized carbons (Fsp3) is 0.240. The number of carbonyl (C=O) groups excluding carboxylic acids is 1. The number of sulfonamides is 1. The summed E-state index contributed by atoms with van der Waals surface area (Å²) in [4.78, 5) is 12.8. The van der Waals surface area contributed by atoms with Crippen LogP contribution in [0, 0.1) is 0 Å². The van der Waals surface area contributed by atoms with Crippen LogP contribution in [0.3, 0.4) is 0 Å². The summed E-state index contributed by atoms with van der Waals surface area (Å²) in [5.41, 5.74) is 2.40. The highest BCUT2D eigenvalue weighted by Crippen LogP contribution is 2.33. The Balaban J connectivity index is 1.46. The largest absolute Gasteiger partial charge is 0.486 e. The monoisotopic (exact) mass is 534 g/mol. The third-order valence-electron chi connectivity index (χ3n) is 5.49. The maximum atomic E-state index is 12.8. The summed E-state index contributed by atoms with van der Waals surface area (Å²) >= 11 is 12.1. The molecule has 184 valence electrons. The lowest BCUT2D eigenvalue weighted by molar-refractivity contribution is 0.0939. The molecular weight excluding hydrogens is 511 g/mol. The molecule has 0 aromatic heterocycles. The van der Waals surface area contributed by atoms with Crippen molar-refractivity contribution in [2.45, 2.75) is 19.5 Å². The Morgan fingerprint density at radius 1 is 0.971 bits per heavy atom. The number of carbonyl (C=O) groups is 1. The number of hydrogen-bond donors (Lipinski definition) is 1. The average molecular weight is 535 g/mol. The number of benzene rings is 3. The molecule has 1 aliphatic rings. The van der Waals surface area contributed by atoms with E-state index in [2.05, 4.69) is 5.32 Å². The topological polar surface area (TPSA) is 84.9 Å². The second kappa shape index (κ2) is 10.4. The van der Waals surface area contributed by atoms with Gasteiger partial charge in [-0.25, -0.2) is 8.42 Å². The molecule has 0 bridgehead atoms. The standard InChI is InChI=1S/C25H24Cl2N2O5S/c1-16(19-7-8-23-24(11-19)34-10-9-33-23)28-25(30)18-5-3-17(4-6-18)15-29(35(2,31)32)22-13-20(26)12-21(27)14-22/h3-8,11-14,16H,9-10,15H2,1-2H3,(H,28,30)/t16-/m1/s1. The van der Waals surface area contributed by atoms with E-state index in [1.165, 1.54) is 22.5 Å². The van der Waals surface area contributed by atoms with Crippen molar-refractivity contribution in [2.24, 2.45) is 0 Å². The van der Waals surface area contributed by atoms with Crippen molar-refractivity contribution in [2.75, 3.05) is 23.8 Å². The third kappa shape index (κ3) is 6.20. The van der Waals surface area contributed by atoms with Crippen LogP contribution < -0.4 is 19.1 Å². The first kappa shape index (κ1) is 25.2. The third-order valence-corrected chi connectivity index (χ3v) is 7.07. The van der Waals surface area contributed by atoms with Gasteiger partial charge in [-0.2, -0.15) is 0 Å². The molecule has 1 heterocycles. The molecule has 0 aliphatic carbocycles. The Hall–Kier alpha value is -2.94. The van der Waals surface area contributed by atoms with Gasteiger partial charge < -0.3 is 14.8 Å². The van der Waals surface area contributed by atoms with E-state index in [9.17, 15) is 13.2 Å². The van der Waals surface area contributed by atoms with Gasteiger partial charge >= 0.3 is 0 Å². The lowest BCUT2D eigenvalue weighted by Crippen LogP contribution is -2.29. The average Bonchev–Trinajstić information content (AvgIpc) is 2.81. The zero-order valence-corrected chi connectivity index (χ0v) is 21.5. The molecule has 7 nitrogen and oxygen atoms in total. The predicted octanol–water partition coefficient (Wildman–Crippen LogP) is 5.22. The van der Waals surface area contributed by atoms with E-state index < -0.39 is 10.0 Å². The lowest BCUT2D eigenvalue weighted by Gasteiger charge is -2.23. The molecule has 3 aromatic carbocycles. The molecule has 1 N–H and O–H groups in total. The Morgan fingerprint density at radius 3 is 2.23 bits per heavy atom. The summed E-state index contributed by atoms with van der Waals surface area (Å²) in [6.07, 6.45) is 1.11. The highest BCUT2D eigenvalue weighted by Gasteiger charge is 2.20. The van der Waals surface area contributed by atoms with Crippen LogP contribution in [-0.2, 0) is 16.6 Å². The van der Waals surface area contributed by atoms with Crippen LogP contribution in [0.25, 0.3) is 0 Å². The van der Waals surface area contributed by atoms with Gasteiger partial charge in [-0.15, -0.1) is 0 Å². The Morgan fingerprint density at radius 2 is 1.60 bits per heavy atom. The minimum Gasteiger partial charge on any atom is -0.486 e. The van der Waals surface area contributed by atoms with Crippen molar-refractivity contribution in [3.05, 3.63) is 87.4 Å². The van der Waals surface area contributed by atoms with Gasteiger partial charge in [-0.3, -0.25) is 9.10 Å². The number of anilines is 1. The van der Waals surface area contributed by atoms with Crippen LogP contribution in [0.15, 0.2) is 60.7 Å². The molecule has 0 saturated carbocycles. The minimum absolute atomic E-state index is 0.0605. The molecule has 0 unspecified atom stereocenters. The summed E-state index contributed by atoms with van der Waals surface area (Å²) in [7, 11) is -3.61. The number of rotatable bonds is 7. The first-order valence-electron chi connectivity index (χ1n) is 10.8. The number of ether oxygens (including phenoxy) is 2. The van der Waals surface area contributed by atoms with Crippen molar-refractivity contribution in [3.8, 4) is 11.5 Å². The molecular formula is C25H24Cl2N2O5S. The van der Waals surface area contributed by atoms with Gasteiger partial charge in [0.25, 0.3) is 5.91 Å². The van der Waals surface area contributed by atoms with Gasteiger partial charge in [0.2, 0.25) is 10.0 Å². The molecule has 0 fully saturated rings. The Labute approximate surface area is 214 Å². The van der Waals surface area contributed by atoms with Crippen molar-refractivity contribution in [1.29, 1.82) is 0 Å². The van der Waals surface area contributed by atoms with Gasteiger partial charge in [0.05, 0.1) is 24.5 Å². The molecule has 3 aromatic rings. The number of nitrogens with one attached hydrogen (secondary N) is 1. The van der Waals surface area contributed by atoms with Gasteiger partial charge in [0, 0.05) is 15.6 Å². The summed E-state index contributed by atoms with van der Waals surface area (Å²) < 4.78 is 37.2. The van der Waals surface area contributed by atoms with Gasteiger partial charge in [0.15, 0.2) is 11.5 Å². The number of amides is 1. The molecule has 1 aliphatic heterocycles. The van der Waals surface area contributed by atoms with Crippen LogP contribution in [0.2, 0.25) is 10.0 Å². The SMILES string of the molecule is C[C@@H](NC(=O)c1ccc(CN(c2cc(Cl)cc(Cl)c2)S(C)(=O)=O)cc1)c1ccc2c(c1)OCCO2. The van der Waals surface area contributed by atoms with E-state index in [1.807, 2.05) is 25.1 Å². The first-order chi connectivity index (χ1) is 16.6. The van der Waals surface area contributed by atoms with E-state index >= 15 is 0 Å². The van der Waals surface area contributed by atoms with E-state index in [0.29, 0.717) is 51.6 Å². The van der Waals surface area contributed by atoms with Crippen LogP contribution in [0.1, 0.15) is 34.5 Å². The second-order valence-electron chi connectivity index (χ2n) is 8.19.